The van der Waals surface area contributed by atoms with E-state index in [-0.39, 0.29) is 5.37 Å². The molecule has 104 valence electrons. The highest BCUT2D eigenvalue weighted by Crippen LogP contribution is 2.35. The molecule has 20 heavy (non-hydrogen) atoms. The molecule has 0 bridgehead atoms. The van der Waals surface area contributed by atoms with E-state index in [4.69, 9.17) is 0 Å². The fourth-order valence-electron chi connectivity index (χ4n) is 2.55. The highest BCUT2D eigenvalue weighted by Gasteiger charge is 2.28. The summed E-state index contributed by atoms with van der Waals surface area (Å²) in [7, 11) is 0. The number of aryl methyl sites for hydroxylation is 1. The van der Waals surface area contributed by atoms with Crippen LogP contribution in [0.15, 0.2) is 30.3 Å². The van der Waals surface area contributed by atoms with Crippen LogP contribution in [0.4, 0.5) is 0 Å². The maximum atomic E-state index is 11.2. The van der Waals surface area contributed by atoms with Crippen LogP contribution in [0.1, 0.15) is 23.1 Å². The molecule has 5 heteroatoms. The van der Waals surface area contributed by atoms with Gasteiger partial charge in [0.25, 0.3) is 0 Å². The Hall–Kier alpha value is -1.59. The van der Waals surface area contributed by atoms with Gasteiger partial charge >= 0.3 is 5.97 Å². The summed E-state index contributed by atoms with van der Waals surface area (Å²) in [4.78, 5) is 15.7. The molecule has 0 amide bonds. The zero-order chi connectivity index (χ0) is 14.1. The van der Waals surface area contributed by atoms with Crippen molar-refractivity contribution in [3.8, 4) is 0 Å². The summed E-state index contributed by atoms with van der Waals surface area (Å²) in [5.41, 5.74) is 3.05. The fraction of sp³-hybridized carbons (Fsp3) is 0.333. The minimum absolute atomic E-state index is 0.0106. The predicted molar refractivity (Wildman–Crippen MR) is 80.9 cm³/mol. The van der Waals surface area contributed by atoms with Crippen molar-refractivity contribution in [1.82, 2.24) is 10.3 Å². The number of pyridine rings is 1. The van der Waals surface area contributed by atoms with Crippen molar-refractivity contribution in [2.24, 2.45) is 0 Å². The Labute approximate surface area is 121 Å². The molecule has 3 rings (SSSR count). The molecule has 1 aromatic heterocycles. The van der Waals surface area contributed by atoms with Crippen molar-refractivity contribution in [2.75, 3.05) is 5.75 Å². The van der Waals surface area contributed by atoms with Crippen molar-refractivity contribution >= 4 is 28.6 Å². The van der Waals surface area contributed by atoms with Crippen LogP contribution in [0, 0.1) is 6.92 Å². The number of hydrogen-bond donors (Lipinski definition) is 2. The van der Waals surface area contributed by atoms with E-state index in [2.05, 4.69) is 16.4 Å². The summed E-state index contributed by atoms with van der Waals surface area (Å²) in [6, 6.07) is 9.59. The number of fused-ring (bicyclic) bond motifs is 1. The quantitative estimate of drug-likeness (QED) is 0.889. The normalized spacial score (nSPS) is 22.9. The molecule has 2 aromatic rings. The molecule has 2 heterocycles. The molecular weight excluding hydrogens is 272 g/mol. The zero-order valence-corrected chi connectivity index (χ0v) is 12.0. The van der Waals surface area contributed by atoms with Crippen LogP contribution in [0.25, 0.3) is 10.9 Å². The number of aromatic nitrogens is 1. The van der Waals surface area contributed by atoms with Crippen molar-refractivity contribution in [1.29, 1.82) is 0 Å². The third kappa shape index (κ3) is 2.51. The summed E-state index contributed by atoms with van der Waals surface area (Å²) >= 11 is 1.76. The number of carboxylic acids is 1. The van der Waals surface area contributed by atoms with E-state index in [0.29, 0.717) is 6.42 Å². The smallest absolute Gasteiger partial charge is 0.320 e. The average Bonchev–Trinajstić information content (AvgIpc) is 2.46. The number of aliphatic carboxylic acids is 1. The van der Waals surface area contributed by atoms with Gasteiger partial charge in [-0.2, -0.15) is 0 Å². The van der Waals surface area contributed by atoms with Crippen LogP contribution in [-0.2, 0) is 4.79 Å². The second kappa shape index (κ2) is 5.42. The Morgan fingerprint density at radius 2 is 2.25 bits per heavy atom. The van der Waals surface area contributed by atoms with Gasteiger partial charge in [0.2, 0.25) is 0 Å². The summed E-state index contributed by atoms with van der Waals surface area (Å²) in [6.45, 7) is 1.97. The molecule has 2 unspecified atom stereocenters. The molecule has 0 radical (unpaired) electrons. The van der Waals surface area contributed by atoms with E-state index < -0.39 is 12.0 Å². The standard InChI is InChI=1S/C15H16N2O2S/c1-9-8-11(10-4-2-3-5-12(10)16-9)14-17-13(15(18)19)6-7-20-14/h2-5,8,13-14,17H,6-7H2,1H3,(H,18,19). The van der Waals surface area contributed by atoms with Gasteiger partial charge in [0.15, 0.2) is 0 Å². The van der Waals surface area contributed by atoms with Crippen LogP contribution in [0.3, 0.4) is 0 Å². The third-order valence-electron chi connectivity index (χ3n) is 3.50. The van der Waals surface area contributed by atoms with Gasteiger partial charge in [-0.25, -0.2) is 0 Å². The number of carbonyl (C=O) groups is 1. The molecule has 4 nitrogen and oxygen atoms in total. The molecule has 0 saturated carbocycles. The molecular formula is C15H16N2O2S. The molecule has 1 aromatic carbocycles. The number of carboxylic acid groups (broad SMARTS) is 1. The minimum Gasteiger partial charge on any atom is -0.480 e. The summed E-state index contributed by atoms with van der Waals surface area (Å²) in [6.07, 6.45) is 0.665. The molecule has 1 aliphatic rings. The van der Waals surface area contributed by atoms with Crippen molar-refractivity contribution < 1.29 is 9.90 Å². The Kier molecular flexibility index (Phi) is 3.63. The van der Waals surface area contributed by atoms with E-state index in [9.17, 15) is 9.90 Å². The predicted octanol–water partition coefficient (Wildman–Crippen LogP) is 2.72. The van der Waals surface area contributed by atoms with Gasteiger partial charge in [0, 0.05) is 11.1 Å². The molecule has 2 atom stereocenters. The lowest BCUT2D eigenvalue weighted by atomic mass is 10.1. The maximum absolute atomic E-state index is 11.2. The van der Waals surface area contributed by atoms with E-state index in [1.807, 2.05) is 31.2 Å². The van der Waals surface area contributed by atoms with Gasteiger partial charge in [0.05, 0.1) is 10.9 Å². The van der Waals surface area contributed by atoms with Crippen LogP contribution >= 0.6 is 11.8 Å². The number of nitrogens with zero attached hydrogens (tertiary/aromatic N) is 1. The highest BCUT2D eigenvalue weighted by atomic mass is 32.2. The monoisotopic (exact) mass is 288 g/mol. The first-order valence-corrected chi connectivity index (χ1v) is 7.67. The Balaban J connectivity index is 2.03. The summed E-state index contributed by atoms with van der Waals surface area (Å²) < 4.78 is 0. The van der Waals surface area contributed by atoms with Gasteiger partial charge in [0.1, 0.15) is 6.04 Å². The van der Waals surface area contributed by atoms with Crippen LogP contribution in [0.2, 0.25) is 0 Å². The second-order valence-electron chi connectivity index (χ2n) is 4.97. The van der Waals surface area contributed by atoms with Gasteiger partial charge in [-0.3, -0.25) is 15.1 Å². The van der Waals surface area contributed by atoms with Gasteiger partial charge in [-0.05, 0) is 36.8 Å². The molecule has 2 N–H and O–H groups in total. The van der Waals surface area contributed by atoms with E-state index in [1.54, 1.807) is 11.8 Å². The average molecular weight is 288 g/mol. The second-order valence-corrected chi connectivity index (χ2v) is 6.18. The first-order chi connectivity index (χ1) is 9.65. The van der Waals surface area contributed by atoms with Crippen LogP contribution in [0.5, 0.6) is 0 Å². The SMILES string of the molecule is Cc1cc(C2NC(C(=O)O)CCS2)c2ccccc2n1. The highest BCUT2D eigenvalue weighted by molar-refractivity contribution is 7.99. The molecule has 0 spiro atoms. The first kappa shape index (κ1) is 13.4. The largest absolute Gasteiger partial charge is 0.480 e. The van der Waals surface area contributed by atoms with E-state index in [1.165, 1.54) is 0 Å². The lowest BCUT2D eigenvalue weighted by Crippen LogP contribution is -2.41. The van der Waals surface area contributed by atoms with Gasteiger partial charge < -0.3 is 5.11 Å². The third-order valence-corrected chi connectivity index (χ3v) is 4.70. The Morgan fingerprint density at radius 1 is 1.45 bits per heavy atom. The molecule has 1 fully saturated rings. The van der Waals surface area contributed by atoms with E-state index in [0.717, 1.165) is 27.9 Å². The molecule has 1 saturated heterocycles. The number of thioether (sulfide) groups is 1. The van der Waals surface area contributed by atoms with Crippen LogP contribution in [-0.4, -0.2) is 27.9 Å². The molecule has 0 aliphatic carbocycles. The van der Waals surface area contributed by atoms with Gasteiger partial charge in [-0.15, -0.1) is 11.8 Å². The topological polar surface area (TPSA) is 62.2 Å². The fourth-order valence-corrected chi connectivity index (χ4v) is 3.79. The van der Waals surface area contributed by atoms with E-state index >= 15 is 0 Å². The molecule has 1 aliphatic heterocycles. The van der Waals surface area contributed by atoms with Crippen molar-refractivity contribution in [3.63, 3.8) is 0 Å². The zero-order valence-electron chi connectivity index (χ0n) is 11.2. The lowest BCUT2D eigenvalue weighted by molar-refractivity contribution is -0.139. The van der Waals surface area contributed by atoms with Crippen LogP contribution < -0.4 is 5.32 Å². The number of para-hydroxylation sites is 1. The Morgan fingerprint density at radius 3 is 3.05 bits per heavy atom. The lowest BCUT2D eigenvalue weighted by Gasteiger charge is -2.29. The number of nitrogens with one attached hydrogen (secondary N) is 1. The summed E-state index contributed by atoms with van der Waals surface area (Å²) in [5.74, 6) is 0.0787. The summed E-state index contributed by atoms with van der Waals surface area (Å²) in [5, 5.41) is 13.5. The maximum Gasteiger partial charge on any atom is 0.320 e. The number of rotatable bonds is 2. The first-order valence-electron chi connectivity index (χ1n) is 6.62. The number of hydrogen-bond acceptors (Lipinski definition) is 4. The Bertz CT molecular complexity index is 659. The minimum atomic E-state index is -0.773. The van der Waals surface area contributed by atoms with Crippen molar-refractivity contribution in [3.05, 3.63) is 41.6 Å². The number of benzene rings is 1. The van der Waals surface area contributed by atoms with Gasteiger partial charge in [-0.1, -0.05) is 18.2 Å². The van der Waals surface area contributed by atoms with Crippen molar-refractivity contribution in [2.45, 2.75) is 24.8 Å².